The first-order valence-corrected chi connectivity index (χ1v) is 7.11. The third kappa shape index (κ3) is 3.49. The maximum atomic E-state index is 12.3. The van der Waals surface area contributed by atoms with E-state index in [2.05, 4.69) is 17.1 Å². The molecule has 1 aromatic rings. The Kier molecular flexibility index (Phi) is 4.98. The molecule has 0 aliphatic carbocycles. The van der Waals surface area contributed by atoms with Crippen LogP contribution in [-0.4, -0.2) is 42.6 Å². The first-order valence-electron chi connectivity index (χ1n) is 7.11. The molecule has 0 aromatic heterocycles. The Morgan fingerprint density at radius 1 is 1.50 bits per heavy atom. The molecule has 0 bridgehead atoms. The summed E-state index contributed by atoms with van der Waals surface area (Å²) in [7, 11) is 0. The number of ether oxygens (including phenoxy) is 1. The lowest BCUT2D eigenvalue weighted by Crippen LogP contribution is -2.53. The Morgan fingerprint density at radius 2 is 2.20 bits per heavy atom. The molecule has 110 valence electrons. The highest BCUT2D eigenvalue weighted by atomic mass is 16.5. The topological polar surface area (TPSA) is 67.6 Å². The van der Waals surface area contributed by atoms with Crippen LogP contribution in [0.15, 0.2) is 24.3 Å². The number of amides is 1. The maximum absolute atomic E-state index is 12.3. The predicted octanol–water partition coefficient (Wildman–Crippen LogP) is 1.71. The molecule has 1 aliphatic rings. The summed E-state index contributed by atoms with van der Waals surface area (Å²) in [4.78, 5) is 14.6. The average molecular weight is 277 g/mol. The highest BCUT2D eigenvalue weighted by molar-refractivity contribution is 5.94. The van der Waals surface area contributed by atoms with Crippen LogP contribution < -0.4 is 11.1 Å². The second kappa shape index (κ2) is 6.72. The zero-order chi connectivity index (χ0) is 14.5. The summed E-state index contributed by atoms with van der Waals surface area (Å²) in [5, 5.41) is 2.93. The van der Waals surface area contributed by atoms with Crippen LogP contribution in [0, 0.1) is 0 Å². The van der Waals surface area contributed by atoms with Gasteiger partial charge in [0.05, 0.1) is 19.3 Å². The summed E-state index contributed by atoms with van der Waals surface area (Å²) in [6.07, 6.45) is 0.986. The number of nitrogens with one attached hydrogen (secondary N) is 1. The smallest absolute Gasteiger partial charge is 0.241 e. The Labute approximate surface area is 120 Å². The van der Waals surface area contributed by atoms with Crippen molar-refractivity contribution in [1.29, 1.82) is 0 Å². The van der Waals surface area contributed by atoms with Crippen LogP contribution in [0.1, 0.15) is 20.3 Å². The predicted molar refractivity (Wildman–Crippen MR) is 80.6 cm³/mol. The van der Waals surface area contributed by atoms with Crippen LogP contribution in [0.5, 0.6) is 0 Å². The molecule has 2 atom stereocenters. The maximum Gasteiger partial charge on any atom is 0.241 e. The van der Waals surface area contributed by atoms with Gasteiger partial charge in [0.15, 0.2) is 0 Å². The van der Waals surface area contributed by atoms with E-state index in [0.29, 0.717) is 24.9 Å². The van der Waals surface area contributed by atoms with E-state index in [1.54, 1.807) is 12.1 Å². The first-order chi connectivity index (χ1) is 9.61. The Bertz CT molecular complexity index is 447. The number of benzene rings is 1. The molecule has 1 amide bonds. The molecule has 0 saturated carbocycles. The van der Waals surface area contributed by atoms with Crippen molar-refractivity contribution >= 4 is 17.3 Å². The molecule has 20 heavy (non-hydrogen) atoms. The lowest BCUT2D eigenvalue weighted by Gasteiger charge is -2.38. The summed E-state index contributed by atoms with van der Waals surface area (Å²) in [6, 6.07) is 7.35. The Balaban J connectivity index is 1.98. The molecule has 5 heteroatoms. The Morgan fingerprint density at radius 3 is 2.85 bits per heavy atom. The second-order valence-corrected chi connectivity index (χ2v) is 5.16. The summed E-state index contributed by atoms with van der Waals surface area (Å²) in [5.41, 5.74) is 7.10. The van der Waals surface area contributed by atoms with Gasteiger partial charge in [0.2, 0.25) is 5.91 Å². The quantitative estimate of drug-likeness (QED) is 0.822. The molecule has 5 nitrogen and oxygen atoms in total. The van der Waals surface area contributed by atoms with E-state index in [9.17, 15) is 4.79 Å². The summed E-state index contributed by atoms with van der Waals surface area (Å²) in [6.45, 7) is 6.26. The van der Waals surface area contributed by atoms with Crippen LogP contribution >= 0.6 is 0 Å². The lowest BCUT2D eigenvalue weighted by atomic mass is 10.1. The van der Waals surface area contributed by atoms with Gasteiger partial charge in [-0.1, -0.05) is 6.92 Å². The largest absolute Gasteiger partial charge is 0.399 e. The number of carbonyl (C=O) groups excluding carboxylic acids is 1. The van der Waals surface area contributed by atoms with Gasteiger partial charge in [-0.15, -0.1) is 0 Å². The van der Waals surface area contributed by atoms with Crippen molar-refractivity contribution in [2.24, 2.45) is 0 Å². The summed E-state index contributed by atoms with van der Waals surface area (Å²) in [5.74, 6) is 0.00937. The number of nitrogens with zero attached hydrogens (tertiary/aromatic N) is 1. The van der Waals surface area contributed by atoms with E-state index in [1.807, 2.05) is 19.1 Å². The second-order valence-electron chi connectivity index (χ2n) is 5.16. The number of nitrogen functional groups attached to an aromatic ring is 1. The van der Waals surface area contributed by atoms with E-state index in [-0.39, 0.29) is 11.9 Å². The number of rotatable bonds is 4. The van der Waals surface area contributed by atoms with Crippen LogP contribution in [0.4, 0.5) is 11.4 Å². The van der Waals surface area contributed by atoms with Gasteiger partial charge >= 0.3 is 0 Å². The third-order valence-electron chi connectivity index (χ3n) is 3.80. The molecule has 2 unspecified atom stereocenters. The molecule has 0 radical (unpaired) electrons. The van der Waals surface area contributed by atoms with Crippen LogP contribution in [0.25, 0.3) is 0 Å². The van der Waals surface area contributed by atoms with Crippen molar-refractivity contribution in [2.45, 2.75) is 32.4 Å². The van der Waals surface area contributed by atoms with E-state index in [4.69, 9.17) is 10.5 Å². The van der Waals surface area contributed by atoms with Crippen molar-refractivity contribution in [2.75, 3.05) is 30.8 Å². The Hall–Kier alpha value is -1.59. The normalized spacial score (nSPS) is 21.4. The number of hydrogen-bond acceptors (Lipinski definition) is 4. The summed E-state index contributed by atoms with van der Waals surface area (Å²) < 4.78 is 5.48. The van der Waals surface area contributed by atoms with Gasteiger partial charge in [0.1, 0.15) is 0 Å². The number of carbonyl (C=O) groups is 1. The van der Waals surface area contributed by atoms with Crippen LogP contribution in [-0.2, 0) is 9.53 Å². The van der Waals surface area contributed by atoms with E-state index >= 15 is 0 Å². The fourth-order valence-corrected chi connectivity index (χ4v) is 2.49. The zero-order valence-corrected chi connectivity index (χ0v) is 12.1. The van der Waals surface area contributed by atoms with Crippen LogP contribution in [0.2, 0.25) is 0 Å². The average Bonchev–Trinajstić information content (AvgIpc) is 2.48. The fourth-order valence-electron chi connectivity index (χ4n) is 2.49. The monoisotopic (exact) mass is 277 g/mol. The number of nitrogens with two attached hydrogens (primary N) is 1. The highest BCUT2D eigenvalue weighted by Gasteiger charge is 2.29. The van der Waals surface area contributed by atoms with Gasteiger partial charge in [0, 0.05) is 24.0 Å². The van der Waals surface area contributed by atoms with Crippen molar-refractivity contribution in [3.05, 3.63) is 24.3 Å². The number of hydrogen-bond donors (Lipinski definition) is 2. The molecule has 1 fully saturated rings. The third-order valence-corrected chi connectivity index (χ3v) is 3.80. The van der Waals surface area contributed by atoms with Gasteiger partial charge in [0.25, 0.3) is 0 Å². The van der Waals surface area contributed by atoms with Crippen molar-refractivity contribution in [1.82, 2.24) is 4.90 Å². The molecule has 2 rings (SSSR count). The van der Waals surface area contributed by atoms with Gasteiger partial charge in [-0.3, -0.25) is 9.69 Å². The SMILES string of the molecule is CCC1COCCN1C(C)C(=O)Nc1ccc(N)cc1. The molecule has 1 heterocycles. The van der Waals surface area contributed by atoms with Crippen LogP contribution in [0.3, 0.4) is 0 Å². The molecule has 3 N–H and O–H groups in total. The molecule has 1 aromatic carbocycles. The minimum absolute atomic E-state index is 0.00937. The highest BCUT2D eigenvalue weighted by Crippen LogP contribution is 2.16. The molecule has 1 saturated heterocycles. The van der Waals surface area contributed by atoms with Gasteiger partial charge in [-0.05, 0) is 37.6 Å². The number of anilines is 2. The fraction of sp³-hybridized carbons (Fsp3) is 0.533. The van der Waals surface area contributed by atoms with Crippen molar-refractivity contribution in [3.63, 3.8) is 0 Å². The van der Waals surface area contributed by atoms with E-state index < -0.39 is 0 Å². The minimum Gasteiger partial charge on any atom is -0.399 e. The van der Waals surface area contributed by atoms with E-state index in [0.717, 1.165) is 18.7 Å². The number of morpholine rings is 1. The van der Waals surface area contributed by atoms with Gasteiger partial charge < -0.3 is 15.8 Å². The standard InChI is InChI=1S/C15H23N3O2/c1-3-14-10-20-9-8-18(14)11(2)15(19)17-13-6-4-12(16)5-7-13/h4-7,11,14H,3,8-10,16H2,1-2H3,(H,17,19). The van der Waals surface area contributed by atoms with Gasteiger partial charge in [-0.25, -0.2) is 0 Å². The minimum atomic E-state index is -0.165. The van der Waals surface area contributed by atoms with Gasteiger partial charge in [-0.2, -0.15) is 0 Å². The molecular weight excluding hydrogens is 254 g/mol. The summed E-state index contributed by atoms with van der Waals surface area (Å²) >= 11 is 0. The zero-order valence-electron chi connectivity index (χ0n) is 12.1. The lowest BCUT2D eigenvalue weighted by molar-refractivity contribution is -0.124. The molecule has 1 aliphatic heterocycles. The van der Waals surface area contributed by atoms with Crippen molar-refractivity contribution in [3.8, 4) is 0 Å². The first kappa shape index (κ1) is 14.8. The molecular formula is C15H23N3O2. The molecule has 0 spiro atoms. The van der Waals surface area contributed by atoms with E-state index in [1.165, 1.54) is 0 Å². The van der Waals surface area contributed by atoms with Crippen molar-refractivity contribution < 1.29 is 9.53 Å².